The van der Waals surface area contributed by atoms with Crippen LogP contribution in [-0.4, -0.2) is 76.1 Å². The highest BCUT2D eigenvalue weighted by molar-refractivity contribution is 5.18. The number of nitrogens with one attached hydrogen (secondary N) is 1. The van der Waals surface area contributed by atoms with Gasteiger partial charge in [0.05, 0.1) is 24.5 Å². The maximum atomic E-state index is 10.4. The van der Waals surface area contributed by atoms with Gasteiger partial charge in [0, 0.05) is 56.9 Å². The largest absolute Gasteiger partial charge is 0.390 e. The Labute approximate surface area is 126 Å². The number of fused-ring (bicyclic) bond motifs is 1. The van der Waals surface area contributed by atoms with E-state index in [1.54, 1.807) is 0 Å². The SMILES string of the molecule is CC1CN(CC(O)CN2CCc3[nH]ncc3C2)CC(C)O1. The standard InChI is InChI=1S/C15H26N4O2/c1-11-6-19(7-12(2)21-11)10-14(20)9-18-4-3-15-13(8-18)5-16-17-15/h5,11-12,14,20H,3-4,6-10H2,1-2H3,(H,16,17). The lowest BCUT2D eigenvalue weighted by Crippen LogP contribution is -2.50. The summed E-state index contributed by atoms with van der Waals surface area (Å²) >= 11 is 0. The molecule has 2 aliphatic rings. The van der Waals surface area contributed by atoms with Gasteiger partial charge in [0.25, 0.3) is 0 Å². The van der Waals surface area contributed by atoms with Gasteiger partial charge in [0.15, 0.2) is 0 Å². The molecule has 0 amide bonds. The molecule has 3 heterocycles. The average molecular weight is 294 g/mol. The fraction of sp³-hybridized carbons (Fsp3) is 0.800. The van der Waals surface area contributed by atoms with E-state index in [4.69, 9.17) is 4.74 Å². The number of hydrogen-bond donors (Lipinski definition) is 2. The molecule has 6 nitrogen and oxygen atoms in total. The van der Waals surface area contributed by atoms with Crippen LogP contribution in [0.5, 0.6) is 0 Å². The van der Waals surface area contributed by atoms with Crippen LogP contribution in [0.15, 0.2) is 6.20 Å². The van der Waals surface area contributed by atoms with Crippen LogP contribution in [-0.2, 0) is 17.7 Å². The fourth-order valence-electron chi connectivity index (χ4n) is 3.52. The van der Waals surface area contributed by atoms with E-state index in [0.29, 0.717) is 0 Å². The number of aromatic nitrogens is 2. The summed E-state index contributed by atoms with van der Waals surface area (Å²) in [5, 5.41) is 17.5. The van der Waals surface area contributed by atoms with Crippen molar-refractivity contribution in [1.82, 2.24) is 20.0 Å². The molecular weight excluding hydrogens is 268 g/mol. The van der Waals surface area contributed by atoms with Crippen LogP contribution in [0.2, 0.25) is 0 Å². The molecule has 3 atom stereocenters. The van der Waals surface area contributed by atoms with Gasteiger partial charge in [-0.15, -0.1) is 0 Å². The predicted octanol–water partition coefficient (Wildman–Crippen LogP) is 0.238. The Kier molecular flexibility index (Phi) is 4.59. The van der Waals surface area contributed by atoms with Crippen molar-refractivity contribution in [2.75, 3.05) is 32.7 Å². The summed E-state index contributed by atoms with van der Waals surface area (Å²) in [5.41, 5.74) is 2.51. The smallest absolute Gasteiger partial charge is 0.0793 e. The minimum atomic E-state index is -0.309. The molecule has 1 fully saturated rings. The first-order valence-corrected chi connectivity index (χ1v) is 7.89. The number of aliphatic hydroxyl groups excluding tert-OH is 1. The maximum absolute atomic E-state index is 10.4. The first-order chi connectivity index (χ1) is 10.1. The van der Waals surface area contributed by atoms with Crippen molar-refractivity contribution in [2.24, 2.45) is 0 Å². The quantitative estimate of drug-likeness (QED) is 0.833. The summed E-state index contributed by atoms with van der Waals surface area (Å²) in [5.74, 6) is 0. The number of H-pyrrole nitrogens is 1. The molecule has 21 heavy (non-hydrogen) atoms. The minimum absolute atomic E-state index is 0.254. The van der Waals surface area contributed by atoms with Gasteiger partial charge in [-0.2, -0.15) is 5.10 Å². The molecule has 6 heteroatoms. The van der Waals surface area contributed by atoms with Crippen LogP contribution in [0, 0.1) is 0 Å². The lowest BCUT2D eigenvalue weighted by molar-refractivity contribution is -0.0781. The Morgan fingerprint density at radius 1 is 1.33 bits per heavy atom. The number of hydrogen-bond acceptors (Lipinski definition) is 5. The van der Waals surface area contributed by atoms with E-state index in [0.717, 1.165) is 45.7 Å². The monoisotopic (exact) mass is 294 g/mol. The molecule has 0 aliphatic carbocycles. The lowest BCUT2D eigenvalue weighted by Gasteiger charge is -2.37. The maximum Gasteiger partial charge on any atom is 0.0793 e. The van der Waals surface area contributed by atoms with Gasteiger partial charge >= 0.3 is 0 Å². The summed E-state index contributed by atoms with van der Waals surface area (Å²) in [6.07, 6.45) is 3.09. The molecule has 0 saturated carbocycles. The molecule has 1 aromatic heterocycles. The molecule has 2 aliphatic heterocycles. The number of morpholine rings is 1. The summed E-state index contributed by atoms with van der Waals surface area (Å²) in [6, 6.07) is 0. The minimum Gasteiger partial charge on any atom is -0.390 e. The second-order valence-electron chi connectivity index (χ2n) is 6.49. The molecule has 2 N–H and O–H groups in total. The van der Waals surface area contributed by atoms with Gasteiger partial charge in [-0.1, -0.05) is 0 Å². The van der Waals surface area contributed by atoms with Gasteiger partial charge < -0.3 is 9.84 Å². The highest BCUT2D eigenvalue weighted by Crippen LogP contribution is 2.17. The highest BCUT2D eigenvalue weighted by atomic mass is 16.5. The van der Waals surface area contributed by atoms with Crippen molar-refractivity contribution in [3.05, 3.63) is 17.5 Å². The summed E-state index contributed by atoms with van der Waals surface area (Å²) in [7, 11) is 0. The lowest BCUT2D eigenvalue weighted by atomic mass is 10.1. The van der Waals surface area contributed by atoms with Gasteiger partial charge in [-0.25, -0.2) is 0 Å². The summed E-state index contributed by atoms with van der Waals surface area (Å²) < 4.78 is 5.73. The summed E-state index contributed by atoms with van der Waals surface area (Å²) in [4.78, 5) is 4.63. The van der Waals surface area contributed by atoms with Crippen molar-refractivity contribution < 1.29 is 9.84 Å². The molecule has 3 unspecified atom stereocenters. The van der Waals surface area contributed by atoms with Gasteiger partial charge in [-0.05, 0) is 13.8 Å². The first kappa shape index (κ1) is 15.0. The number of β-amino-alcohol motifs (C(OH)–C–C–N with tert-alkyl or cyclic N) is 1. The Bertz CT molecular complexity index is 454. The topological polar surface area (TPSA) is 64.6 Å². The van der Waals surface area contributed by atoms with E-state index in [1.807, 2.05) is 6.20 Å². The molecule has 0 aromatic carbocycles. The molecule has 3 rings (SSSR count). The van der Waals surface area contributed by atoms with E-state index in [9.17, 15) is 5.11 Å². The third-order valence-corrected chi connectivity index (χ3v) is 4.31. The number of ether oxygens (including phenoxy) is 1. The second-order valence-corrected chi connectivity index (χ2v) is 6.49. The van der Waals surface area contributed by atoms with Crippen LogP contribution >= 0.6 is 0 Å². The molecule has 0 spiro atoms. The highest BCUT2D eigenvalue weighted by Gasteiger charge is 2.25. The molecular formula is C15H26N4O2. The Morgan fingerprint density at radius 2 is 2.05 bits per heavy atom. The first-order valence-electron chi connectivity index (χ1n) is 7.89. The fourth-order valence-corrected chi connectivity index (χ4v) is 3.52. The third-order valence-electron chi connectivity index (χ3n) is 4.31. The normalized spacial score (nSPS) is 29.3. The van der Waals surface area contributed by atoms with Gasteiger partial charge in [0.2, 0.25) is 0 Å². The molecule has 1 aromatic rings. The second kappa shape index (κ2) is 6.44. The molecule has 1 saturated heterocycles. The van der Waals surface area contributed by atoms with Gasteiger partial charge in [0.1, 0.15) is 0 Å². The molecule has 0 radical (unpaired) electrons. The average Bonchev–Trinajstić information content (AvgIpc) is 2.84. The zero-order chi connectivity index (χ0) is 14.8. The third kappa shape index (κ3) is 3.83. The number of rotatable bonds is 4. The number of aliphatic hydroxyl groups is 1. The van der Waals surface area contributed by atoms with E-state index in [1.165, 1.54) is 11.3 Å². The van der Waals surface area contributed by atoms with Crippen LogP contribution in [0.25, 0.3) is 0 Å². The Hall–Kier alpha value is -0.950. The van der Waals surface area contributed by atoms with Crippen molar-refractivity contribution in [2.45, 2.75) is 45.1 Å². The zero-order valence-electron chi connectivity index (χ0n) is 13.0. The van der Waals surface area contributed by atoms with Gasteiger partial charge in [-0.3, -0.25) is 14.9 Å². The van der Waals surface area contributed by atoms with E-state index in [2.05, 4.69) is 33.8 Å². The Balaban J connectivity index is 1.47. The predicted molar refractivity (Wildman–Crippen MR) is 80.0 cm³/mol. The van der Waals surface area contributed by atoms with E-state index < -0.39 is 0 Å². The Morgan fingerprint density at radius 3 is 2.81 bits per heavy atom. The van der Waals surface area contributed by atoms with Crippen molar-refractivity contribution >= 4 is 0 Å². The van der Waals surface area contributed by atoms with Crippen LogP contribution in [0.3, 0.4) is 0 Å². The van der Waals surface area contributed by atoms with Crippen molar-refractivity contribution in [3.8, 4) is 0 Å². The van der Waals surface area contributed by atoms with Crippen LogP contribution in [0.4, 0.5) is 0 Å². The summed E-state index contributed by atoms with van der Waals surface area (Å²) in [6.45, 7) is 9.35. The number of aromatic amines is 1. The van der Waals surface area contributed by atoms with E-state index >= 15 is 0 Å². The number of nitrogens with zero attached hydrogens (tertiary/aromatic N) is 3. The van der Waals surface area contributed by atoms with E-state index in [-0.39, 0.29) is 18.3 Å². The zero-order valence-corrected chi connectivity index (χ0v) is 13.0. The van der Waals surface area contributed by atoms with Crippen molar-refractivity contribution in [1.29, 1.82) is 0 Å². The van der Waals surface area contributed by atoms with Crippen LogP contribution < -0.4 is 0 Å². The van der Waals surface area contributed by atoms with Crippen LogP contribution in [0.1, 0.15) is 25.1 Å². The molecule has 0 bridgehead atoms. The molecule has 118 valence electrons. The van der Waals surface area contributed by atoms with Crippen molar-refractivity contribution in [3.63, 3.8) is 0 Å².